The van der Waals surface area contributed by atoms with E-state index >= 15 is 0 Å². The van der Waals surface area contributed by atoms with E-state index in [0.29, 0.717) is 22.5 Å². The number of halogens is 1. The Morgan fingerprint density at radius 1 is 1.52 bits per heavy atom. The molecule has 1 aromatic heterocycles. The Balaban J connectivity index is 1.95. The molecule has 0 saturated carbocycles. The lowest BCUT2D eigenvalue weighted by molar-refractivity contribution is 0.0125. The molecule has 0 aromatic carbocycles. The fraction of sp³-hybridized carbons (Fsp3) is 0.733. The zero-order valence-corrected chi connectivity index (χ0v) is 16.1. The van der Waals surface area contributed by atoms with E-state index in [0.717, 1.165) is 24.1 Å². The van der Waals surface area contributed by atoms with Gasteiger partial charge in [0.2, 0.25) is 0 Å². The smallest absolute Gasteiger partial charge is 0.410 e. The maximum Gasteiger partial charge on any atom is 0.410 e. The first-order chi connectivity index (χ1) is 10.7. The Morgan fingerprint density at radius 3 is 2.87 bits per heavy atom. The third-order valence-electron chi connectivity index (χ3n) is 3.46. The molecule has 130 valence electrons. The van der Waals surface area contributed by atoms with Crippen molar-refractivity contribution in [3.63, 3.8) is 0 Å². The second-order valence-electron chi connectivity index (χ2n) is 6.65. The van der Waals surface area contributed by atoms with Crippen molar-refractivity contribution in [3.8, 4) is 0 Å². The maximum absolute atomic E-state index is 12.4. The van der Waals surface area contributed by atoms with E-state index < -0.39 is 16.4 Å². The van der Waals surface area contributed by atoms with Crippen LogP contribution in [0.15, 0.2) is 6.20 Å². The highest BCUT2D eigenvalue weighted by Gasteiger charge is 2.31. The van der Waals surface area contributed by atoms with Gasteiger partial charge in [-0.05, 0) is 40.0 Å². The highest BCUT2D eigenvalue weighted by atomic mass is 35.5. The fourth-order valence-electron chi connectivity index (χ4n) is 2.52. The van der Waals surface area contributed by atoms with Gasteiger partial charge >= 0.3 is 6.09 Å². The molecule has 2 rings (SSSR count). The monoisotopic (exact) mass is 378 g/mol. The molecule has 8 heteroatoms. The number of likely N-dealkylation sites (tertiary alicyclic amines) is 1. The van der Waals surface area contributed by atoms with Crippen molar-refractivity contribution in [2.75, 3.05) is 12.3 Å². The van der Waals surface area contributed by atoms with E-state index in [1.165, 1.54) is 11.3 Å². The van der Waals surface area contributed by atoms with Crippen molar-refractivity contribution in [1.29, 1.82) is 0 Å². The minimum absolute atomic E-state index is 0.0252. The molecule has 5 nitrogen and oxygen atoms in total. The lowest BCUT2D eigenvalue weighted by Crippen LogP contribution is -2.48. The van der Waals surface area contributed by atoms with Crippen LogP contribution in [0.25, 0.3) is 0 Å². The normalized spacial score (nSPS) is 20.3. The van der Waals surface area contributed by atoms with Crippen LogP contribution in [0.4, 0.5) is 4.79 Å². The van der Waals surface area contributed by atoms with Crippen LogP contribution in [0.1, 0.15) is 44.9 Å². The number of aromatic nitrogens is 1. The van der Waals surface area contributed by atoms with Gasteiger partial charge < -0.3 is 9.64 Å². The number of thiazole rings is 1. The molecule has 1 saturated heterocycles. The minimum atomic E-state index is -1.05. The Labute approximate surface area is 148 Å². The van der Waals surface area contributed by atoms with E-state index in [-0.39, 0.29) is 12.1 Å². The lowest BCUT2D eigenvalue weighted by atomic mass is 10.0. The summed E-state index contributed by atoms with van der Waals surface area (Å²) in [4.78, 5) is 19.0. The van der Waals surface area contributed by atoms with Gasteiger partial charge in [0.05, 0.1) is 5.75 Å². The summed E-state index contributed by atoms with van der Waals surface area (Å²) in [6.07, 6.45) is 4.24. The summed E-state index contributed by atoms with van der Waals surface area (Å²) < 4.78 is 18.3. The molecular weight excluding hydrogens is 356 g/mol. The van der Waals surface area contributed by atoms with Crippen LogP contribution >= 0.6 is 22.9 Å². The Bertz CT molecular complexity index is 571. The lowest BCUT2D eigenvalue weighted by Gasteiger charge is -2.36. The Hall–Kier alpha value is -0.660. The molecule has 0 aliphatic carbocycles. The highest BCUT2D eigenvalue weighted by molar-refractivity contribution is 7.84. The molecule has 23 heavy (non-hydrogen) atoms. The molecule has 2 atom stereocenters. The Kier molecular flexibility index (Phi) is 6.45. The second-order valence-corrected chi connectivity index (χ2v) is 9.85. The van der Waals surface area contributed by atoms with Crippen LogP contribution in [0.5, 0.6) is 0 Å². The average Bonchev–Trinajstić information content (AvgIpc) is 2.82. The van der Waals surface area contributed by atoms with Crippen LogP contribution in [-0.4, -0.2) is 44.1 Å². The van der Waals surface area contributed by atoms with Gasteiger partial charge in [-0.15, -0.1) is 11.3 Å². The quantitative estimate of drug-likeness (QED) is 0.798. The van der Waals surface area contributed by atoms with E-state index in [1.807, 2.05) is 20.8 Å². The zero-order chi connectivity index (χ0) is 17.0. The van der Waals surface area contributed by atoms with Crippen molar-refractivity contribution in [2.24, 2.45) is 0 Å². The number of amides is 1. The molecule has 1 aromatic rings. The van der Waals surface area contributed by atoms with Gasteiger partial charge in [-0.25, -0.2) is 9.78 Å². The summed E-state index contributed by atoms with van der Waals surface area (Å²) in [6, 6.07) is -0.0252. The molecule has 1 aliphatic heterocycles. The van der Waals surface area contributed by atoms with Crippen molar-refractivity contribution in [3.05, 3.63) is 15.5 Å². The van der Waals surface area contributed by atoms with Crippen LogP contribution < -0.4 is 0 Å². The summed E-state index contributed by atoms with van der Waals surface area (Å²) in [5.74, 6) is 0.901. The number of ether oxygens (including phenoxy) is 1. The molecule has 2 heterocycles. The number of hydrogen-bond acceptors (Lipinski definition) is 5. The fourth-order valence-corrected chi connectivity index (χ4v) is 5.21. The number of nitrogens with zero attached hydrogens (tertiary/aromatic N) is 2. The third-order valence-corrected chi connectivity index (χ3v) is 6.15. The number of piperidine rings is 1. The van der Waals surface area contributed by atoms with Crippen molar-refractivity contribution < 1.29 is 13.7 Å². The van der Waals surface area contributed by atoms with Crippen molar-refractivity contribution in [1.82, 2.24) is 9.88 Å². The topological polar surface area (TPSA) is 59.5 Å². The van der Waals surface area contributed by atoms with Crippen LogP contribution in [-0.2, 0) is 21.3 Å². The van der Waals surface area contributed by atoms with Crippen LogP contribution in [0, 0.1) is 0 Å². The SMILES string of the molecule is CC(C)(C)OC(=O)N1CCCC[C@@H]1C[S@](=O)Cc1cnc(Cl)s1. The largest absolute Gasteiger partial charge is 0.444 e. The standard InChI is InChI=1S/C15H23ClN2O3S2/c1-15(2,3)21-14(19)18-7-5-4-6-11(18)9-23(20)10-12-8-17-13(16)22-12/h8,11H,4-7,9-10H2,1-3H3/t11-,23+/m1/s1. The highest BCUT2D eigenvalue weighted by Crippen LogP contribution is 2.23. The predicted molar refractivity (Wildman–Crippen MR) is 94.4 cm³/mol. The predicted octanol–water partition coefficient (Wildman–Crippen LogP) is 3.83. The molecule has 1 amide bonds. The number of carbonyl (C=O) groups is 1. The first kappa shape index (κ1) is 18.7. The molecule has 0 N–H and O–H groups in total. The van der Waals surface area contributed by atoms with Gasteiger partial charge in [0, 0.05) is 40.2 Å². The van der Waals surface area contributed by atoms with Crippen molar-refractivity contribution in [2.45, 2.75) is 57.4 Å². The van der Waals surface area contributed by atoms with Crippen molar-refractivity contribution >= 4 is 39.8 Å². The summed E-state index contributed by atoms with van der Waals surface area (Å²) >= 11 is 7.15. The molecule has 0 radical (unpaired) electrons. The summed E-state index contributed by atoms with van der Waals surface area (Å²) in [5, 5.41) is 0. The van der Waals surface area contributed by atoms with E-state index in [2.05, 4.69) is 4.98 Å². The minimum Gasteiger partial charge on any atom is -0.444 e. The maximum atomic E-state index is 12.4. The first-order valence-electron chi connectivity index (χ1n) is 7.69. The first-order valence-corrected chi connectivity index (χ1v) is 10.4. The van der Waals surface area contributed by atoms with E-state index in [1.54, 1.807) is 11.1 Å². The average molecular weight is 379 g/mol. The second kappa shape index (κ2) is 7.94. The number of hydrogen-bond donors (Lipinski definition) is 0. The zero-order valence-electron chi connectivity index (χ0n) is 13.7. The van der Waals surface area contributed by atoms with Crippen LogP contribution in [0.2, 0.25) is 4.47 Å². The molecular formula is C15H23ClN2O3S2. The van der Waals surface area contributed by atoms with Gasteiger partial charge in [0.25, 0.3) is 0 Å². The van der Waals surface area contributed by atoms with E-state index in [4.69, 9.17) is 16.3 Å². The number of carbonyl (C=O) groups excluding carboxylic acids is 1. The van der Waals surface area contributed by atoms with Gasteiger partial charge in [-0.3, -0.25) is 4.21 Å². The molecule has 1 fully saturated rings. The van der Waals surface area contributed by atoms with Crippen LogP contribution in [0.3, 0.4) is 0 Å². The summed E-state index contributed by atoms with van der Waals surface area (Å²) in [7, 11) is -1.05. The van der Waals surface area contributed by atoms with Gasteiger partial charge in [-0.2, -0.15) is 0 Å². The number of rotatable bonds is 4. The van der Waals surface area contributed by atoms with Gasteiger partial charge in [0.1, 0.15) is 5.60 Å². The summed E-state index contributed by atoms with van der Waals surface area (Å²) in [5.41, 5.74) is -0.516. The van der Waals surface area contributed by atoms with Gasteiger partial charge in [0.15, 0.2) is 4.47 Å². The summed E-state index contributed by atoms with van der Waals surface area (Å²) in [6.45, 7) is 6.24. The molecule has 0 bridgehead atoms. The Morgan fingerprint density at radius 2 is 2.26 bits per heavy atom. The van der Waals surface area contributed by atoms with E-state index in [9.17, 15) is 9.00 Å². The van der Waals surface area contributed by atoms with Gasteiger partial charge in [-0.1, -0.05) is 11.6 Å². The molecule has 1 aliphatic rings. The molecule has 0 unspecified atom stereocenters. The third kappa shape index (κ3) is 6.04. The molecule has 0 spiro atoms.